The molecule has 0 spiro atoms. The predicted octanol–water partition coefficient (Wildman–Crippen LogP) is 18.1. The molecule has 9 heteroatoms. The summed E-state index contributed by atoms with van der Waals surface area (Å²) in [5.74, 6) is 0. The van der Waals surface area contributed by atoms with E-state index in [9.17, 15) is 0 Å². The zero-order valence-electron chi connectivity index (χ0n) is 53.8. The molecule has 5 nitrogen and oxygen atoms in total. The van der Waals surface area contributed by atoms with Crippen LogP contribution >= 0.6 is 11.8 Å². The van der Waals surface area contributed by atoms with E-state index in [0.29, 0.717) is 0 Å². The van der Waals surface area contributed by atoms with Crippen molar-refractivity contribution in [2.75, 3.05) is 19.6 Å². The molecule has 0 unspecified atom stereocenters. The zero-order chi connectivity index (χ0) is 65.1. The number of hydrogen-bond donors (Lipinski definition) is 0. The van der Waals surface area contributed by atoms with E-state index in [4.69, 9.17) is 0 Å². The van der Waals surface area contributed by atoms with E-state index in [1.807, 2.05) is 11.8 Å². The van der Waals surface area contributed by atoms with Crippen LogP contribution < -0.4 is 61.3 Å². The predicted molar refractivity (Wildman–Crippen MR) is 422 cm³/mol. The van der Waals surface area contributed by atoms with Gasteiger partial charge < -0.3 is 0 Å². The number of nitrogens with zero attached hydrogens (tertiary/aromatic N) is 5. The topological polar surface area (TPSA) is 17.9 Å². The van der Waals surface area contributed by atoms with Gasteiger partial charge in [-0.05, 0) is 0 Å². The third kappa shape index (κ3) is 9.19. The van der Waals surface area contributed by atoms with Crippen molar-refractivity contribution in [2.45, 2.75) is 9.79 Å². The molecule has 462 valence electrons. The van der Waals surface area contributed by atoms with E-state index in [0.717, 1.165) is 45.5 Å². The molecule has 0 atom stereocenters. The summed E-state index contributed by atoms with van der Waals surface area (Å²) in [7, 11) is 0. The van der Waals surface area contributed by atoms with Crippen molar-refractivity contribution in [3.8, 4) is 27.9 Å². The second-order valence-electron chi connectivity index (χ2n) is 25.8. The summed E-state index contributed by atoms with van der Waals surface area (Å²) in [6, 6.07) is 134. The second-order valence-corrected chi connectivity index (χ2v) is 29.1. The van der Waals surface area contributed by atoms with Crippen molar-refractivity contribution in [3.05, 3.63) is 358 Å². The zero-order valence-corrected chi connectivity index (χ0v) is 56.3. The first-order valence-corrected chi connectivity index (χ1v) is 36.5. The quantitative estimate of drug-likeness (QED) is 0.120. The fraction of sp³-hybridized carbons (Fsp3) is 0. The van der Waals surface area contributed by atoms with Crippen LogP contribution in [-0.4, -0.2) is 32.9 Å². The fourth-order valence-corrected chi connectivity index (χ4v) is 20.6. The Labute approximate surface area is 587 Å². The average Bonchev–Trinajstić information content (AvgIpc) is 1.68. The van der Waals surface area contributed by atoms with Crippen LogP contribution in [0.5, 0.6) is 0 Å². The van der Waals surface area contributed by atoms with Crippen molar-refractivity contribution in [2.24, 2.45) is 0 Å². The molecule has 0 aliphatic carbocycles. The Hall–Kier alpha value is -11.7. The summed E-state index contributed by atoms with van der Waals surface area (Å²) in [5.41, 5.74) is 30.0. The van der Waals surface area contributed by atoms with Gasteiger partial charge >= 0.3 is 592 Å². The van der Waals surface area contributed by atoms with E-state index in [2.05, 4.69) is 382 Å². The van der Waals surface area contributed by atoms with Crippen LogP contribution in [-0.2, 0) is 0 Å². The minimum atomic E-state index is -0.291. The van der Waals surface area contributed by atoms with Crippen molar-refractivity contribution < 1.29 is 0 Å². The summed E-state index contributed by atoms with van der Waals surface area (Å²) < 4.78 is 5.51. The Kier molecular flexibility index (Phi) is 13.7. The van der Waals surface area contributed by atoms with Gasteiger partial charge in [-0.3, -0.25) is 0 Å². The molecular formula is C90H59B2N5SSe. The van der Waals surface area contributed by atoms with E-state index in [1.54, 1.807) is 0 Å². The molecule has 99 heavy (non-hydrogen) atoms. The number of anilines is 12. The summed E-state index contributed by atoms with van der Waals surface area (Å²) in [5, 5.41) is 2.49. The summed E-state index contributed by atoms with van der Waals surface area (Å²) >= 11 is 1.68. The molecule has 1 aromatic heterocycles. The number of benzene rings is 15. The van der Waals surface area contributed by atoms with Gasteiger partial charge in [-0.1, -0.05) is 0 Å². The maximum atomic E-state index is 2.75. The summed E-state index contributed by atoms with van der Waals surface area (Å²) in [6.07, 6.45) is 0. The van der Waals surface area contributed by atoms with Crippen molar-refractivity contribution in [3.63, 3.8) is 0 Å². The summed E-state index contributed by atoms with van der Waals surface area (Å²) in [4.78, 5) is 12.5. The molecule has 0 amide bonds. The number of hydrogen-bond acceptors (Lipinski definition) is 5. The van der Waals surface area contributed by atoms with Crippen LogP contribution in [0.2, 0.25) is 0 Å². The van der Waals surface area contributed by atoms with Gasteiger partial charge in [-0.15, -0.1) is 0 Å². The first-order chi connectivity index (χ1) is 49.2. The number of aromatic nitrogens is 1. The van der Waals surface area contributed by atoms with Crippen molar-refractivity contribution in [1.82, 2.24) is 4.57 Å². The molecule has 0 saturated heterocycles. The van der Waals surface area contributed by atoms with Gasteiger partial charge in [0.2, 0.25) is 0 Å². The van der Waals surface area contributed by atoms with Gasteiger partial charge in [0.05, 0.1) is 0 Å². The third-order valence-corrected chi connectivity index (χ3v) is 24.1. The molecule has 0 bridgehead atoms. The molecule has 0 N–H and O–H groups in total. The molecule has 16 aromatic rings. The van der Waals surface area contributed by atoms with E-state index in [1.165, 1.54) is 124 Å². The van der Waals surface area contributed by atoms with Gasteiger partial charge in [-0.2, -0.15) is 0 Å². The maximum absolute atomic E-state index is 2.75. The monoisotopic (exact) mass is 1340 g/mol. The number of para-hydroxylation sites is 8. The van der Waals surface area contributed by atoms with Gasteiger partial charge in [0.1, 0.15) is 0 Å². The molecule has 4 aliphatic heterocycles. The molecule has 4 aliphatic rings. The number of rotatable bonds is 11. The second kappa shape index (κ2) is 23.5. The average molecular weight is 1340 g/mol. The minimum absolute atomic E-state index is 0.136. The number of fused-ring (bicyclic) bond motifs is 11. The Morgan fingerprint density at radius 1 is 0.303 bits per heavy atom. The van der Waals surface area contributed by atoms with Gasteiger partial charge in [0.25, 0.3) is 0 Å². The normalized spacial score (nSPS) is 12.9. The third-order valence-electron chi connectivity index (χ3n) is 20.4. The molecule has 5 heterocycles. The van der Waals surface area contributed by atoms with Crippen LogP contribution in [0.3, 0.4) is 0 Å². The van der Waals surface area contributed by atoms with Crippen LogP contribution in [0, 0.1) is 0 Å². The van der Waals surface area contributed by atoms with Crippen LogP contribution in [0.1, 0.15) is 0 Å². The van der Waals surface area contributed by atoms with Crippen molar-refractivity contribution in [1.29, 1.82) is 0 Å². The SMILES string of the molecule is c1ccc(-c2cccc3c2c2c(-c4ccccc4)cccc2n3-c2c3c(cc4c2[Se]c2cc(N(c5ccccc5)c5ccccc5)cc5c2B4c2ccccc2N5c2ccccc2)B2c4ccccc4N(c4ccccc4)c4cc(N(c5ccccc5)c5ccccc5)cc(c42)S3)cc1. The molecule has 0 saturated carbocycles. The Morgan fingerprint density at radius 2 is 0.697 bits per heavy atom. The van der Waals surface area contributed by atoms with Crippen molar-refractivity contribution >= 4 is 172 Å². The first kappa shape index (κ1) is 57.5. The Morgan fingerprint density at radius 3 is 1.16 bits per heavy atom. The summed E-state index contributed by atoms with van der Waals surface area (Å²) in [6.45, 7) is -0.293. The van der Waals surface area contributed by atoms with Gasteiger partial charge in [-0.25, -0.2) is 0 Å². The van der Waals surface area contributed by atoms with E-state index in [-0.39, 0.29) is 28.4 Å². The van der Waals surface area contributed by atoms with Crippen LogP contribution in [0.15, 0.2) is 368 Å². The fourth-order valence-electron chi connectivity index (χ4n) is 16.4. The van der Waals surface area contributed by atoms with Crippen LogP contribution in [0.4, 0.5) is 68.2 Å². The first-order valence-electron chi connectivity index (χ1n) is 34.0. The van der Waals surface area contributed by atoms with Crippen LogP contribution in [0.25, 0.3) is 49.7 Å². The molecule has 0 fully saturated rings. The van der Waals surface area contributed by atoms with Gasteiger partial charge in [0.15, 0.2) is 0 Å². The Bertz CT molecular complexity index is 5400. The molecular weight excluding hydrogens is 1280 g/mol. The Balaban J connectivity index is 0.944. The van der Waals surface area contributed by atoms with E-state index < -0.39 is 0 Å². The standard InChI is InChI=1S/C90H59B2N5SSe/c1-9-31-60(32-10-1)70-47-29-53-78-84(70)85-71(61-33-11-2-12-34-61)48-30-54-79(85)97(78)88-89-74(91-72-49-25-27-51-76(72)95(66-43-21-7-22-44-66)80-55-68(57-82(98-89)86(80)91)93(62-35-13-3-14-36-62)63-37-15-4-16-38-63)59-75-90(88)99-83-58-69(94(64-39-17-5-18-40-64)65-41-19-6-20-42-65)56-81-87(83)92(75)73-50-26-28-52-77(73)96(81)67-45-23-8-24-46-67/h1-59H. The molecule has 20 rings (SSSR count). The molecule has 15 aromatic carbocycles. The molecule has 0 radical (unpaired) electrons. The van der Waals surface area contributed by atoms with E-state index >= 15 is 0 Å². The van der Waals surface area contributed by atoms with Gasteiger partial charge in [0, 0.05) is 0 Å².